The molecule has 0 saturated carbocycles. The van der Waals surface area contributed by atoms with Gasteiger partial charge in [0.05, 0.1) is 19.3 Å². The first kappa shape index (κ1) is 17.7. The van der Waals surface area contributed by atoms with Crippen molar-refractivity contribution in [1.29, 1.82) is 0 Å². The highest BCUT2D eigenvalue weighted by atomic mass is 28.3. The van der Waals surface area contributed by atoms with Crippen molar-refractivity contribution < 1.29 is 4.79 Å². The minimum absolute atomic E-state index is 0.145. The van der Waals surface area contributed by atoms with Crippen molar-refractivity contribution in [2.24, 2.45) is 5.41 Å². The summed E-state index contributed by atoms with van der Waals surface area (Å²) in [5.74, 6) is 0.145. The third-order valence-electron chi connectivity index (χ3n) is 4.52. The number of nitrogens with zero attached hydrogens (tertiary/aromatic N) is 1. The summed E-state index contributed by atoms with van der Waals surface area (Å²) in [6, 6.07) is 18.7. The number of hydrogen-bond acceptors (Lipinski definition) is 1. The number of carbonyl (C=O) groups is 1. The molecule has 0 radical (unpaired) electrons. The molecule has 0 saturated heterocycles. The Hall–Kier alpha value is -2.13. The van der Waals surface area contributed by atoms with Crippen LogP contribution in [0.4, 0.5) is 0 Å². The van der Waals surface area contributed by atoms with Gasteiger partial charge >= 0.3 is 0 Å². The largest absolute Gasteiger partial charge is 0.280 e. The monoisotopic (exact) mass is 349 g/mol. The van der Waals surface area contributed by atoms with E-state index in [0.717, 1.165) is 16.8 Å². The zero-order valence-electron chi connectivity index (χ0n) is 16.1. The lowest BCUT2D eigenvalue weighted by Gasteiger charge is -2.23. The van der Waals surface area contributed by atoms with Crippen molar-refractivity contribution >= 4 is 30.1 Å². The first-order chi connectivity index (χ1) is 11.6. The molecule has 0 atom stereocenters. The van der Waals surface area contributed by atoms with E-state index in [1.54, 1.807) is 0 Å². The molecule has 0 aliphatic heterocycles. The maximum absolute atomic E-state index is 13.4. The van der Waals surface area contributed by atoms with Gasteiger partial charge in [-0.05, 0) is 22.2 Å². The van der Waals surface area contributed by atoms with Crippen molar-refractivity contribution in [3.63, 3.8) is 0 Å². The maximum atomic E-state index is 13.4. The lowest BCUT2D eigenvalue weighted by Crippen LogP contribution is -2.39. The van der Waals surface area contributed by atoms with E-state index in [1.807, 2.05) is 49.6 Å². The summed E-state index contributed by atoms with van der Waals surface area (Å²) in [6.45, 7) is 13.0. The molecular weight excluding hydrogens is 322 g/mol. The minimum Gasteiger partial charge on any atom is -0.280 e. The van der Waals surface area contributed by atoms with Crippen molar-refractivity contribution in [2.75, 3.05) is 0 Å². The third-order valence-corrected chi connectivity index (χ3v) is 6.52. The summed E-state index contributed by atoms with van der Waals surface area (Å²) in [4.78, 5) is 13.4. The molecule has 0 unspecified atom stereocenters. The maximum Gasteiger partial charge on any atom is 0.236 e. The molecule has 2 nitrogen and oxygen atoms in total. The van der Waals surface area contributed by atoms with E-state index in [0.29, 0.717) is 0 Å². The van der Waals surface area contributed by atoms with Crippen LogP contribution < -0.4 is 5.19 Å². The highest BCUT2D eigenvalue weighted by Crippen LogP contribution is 2.32. The van der Waals surface area contributed by atoms with E-state index in [-0.39, 0.29) is 5.91 Å². The van der Waals surface area contributed by atoms with Crippen LogP contribution in [-0.2, 0) is 0 Å². The van der Waals surface area contributed by atoms with Crippen LogP contribution in [0.25, 0.3) is 22.2 Å². The van der Waals surface area contributed by atoms with Crippen LogP contribution in [0.1, 0.15) is 25.6 Å². The second kappa shape index (κ2) is 5.99. The molecular formula is C22H27NOSi. The molecule has 3 aromatic rings. The molecule has 0 spiro atoms. The van der Waals surface area contributed by atoms with Gasteiger partial charge in [0.2, 0.25) is 5.91 Å². The number of fused-ring (bicyclic) bond motifs is 1. The average molecular weight is 350 g/mol. The fourth-order valence-corrected chi connectivity index (χ4v) is 5.40. The van der Waals surface area contributed by atoms with Crippen molar-refractivity contribution in [2.45, 2.75) is 40.4 Å². The molecule has 130 valence electrons. The topological polar surface area (TPSA) is 22.0 Å². The number of benzene rings is 2. The van der Waals surface area contributed by atoms with Crippen LogP contribution in [0.5, 0.6) is 0 Å². The SMILES string of the molecule is CC(C)(C)C(=O)n1c(-c2ccccc2)c([Si](C)(C)C)c2ccccc21. The number of hydrogen-bond donors (Lipinski definition) is 0. The van der Waals surface area contributed by atoms with E-state index in [1.165, 1.54) is 10.6 Å². The highest BCUT2D eigenvalue weighted by Gasteiger charge is 2.33. The Labute approximate surface area is 151 Å². The van der Waals surface area contributed by atoms with Gasteiger partial charge in [-0.2, -0.15) is 0 Å². The first-order valence-electron chi connectivity index (χ1n) is 8.86. The molecule has 1 aromatic heterocycles. The van der Waals surface area contributed by atoms with E-state index in [2.05, 4.69) is 50.0 Å². The van der Waals surface area contributed by atoms with Crippen LogP contribution in [0.2, 0.25) is 19.6 Å². The normalized spacial score (nSPS) is 12.6. The van der Waals surface area contributed by atoms with Gasteiger partial charge < -0.3 is 0 Å². The van der Waals surface area contributed by atoms with Gasteiger partial charge in [-0.3, -0.25) is 9.36 Å². The minimum atomic E-state index is -1.68. The summed E-state index contributed by atoms with van der Waals surface area (Å²) >= 11 is 0. The van der Waals surface area contributed by atoms with Crippen molar-refractivity contribution in [1.82, 2.24) is 4.57 Å². The smallest absolute Gasteiger partial charge is 0.236 e. The van der Waals surface area contributed by atoms with Crippen LogP contribution in [0, 0.1) is 5.41 Å². The zero-order chi connectivity index (χ0) is 18.4. The second-order valence-corrected chi connectivity index (χ2v) is 13.7. The number of rotatable bonds is 2. The first-order valence-corrected chi connectivity index (χ1v) is 12.4. The average Bonchev–Trinajstić information content (AvgIpc) is 2.89. The van der Waals surface area contributed by atoms with Crippen molar-refractivity contribution in [3.8, 4) is 11.3 Å². The molecule has 0 N–H and O–H groups in total. The summed E-state index contributed by atoms with van der Waals surface area (Å²) < 4.78 is 1.97. The lowest BCUT2D eigenvalue weighted by molar-refractivity contribution is 0.0775. The van der Waals surface area contributed by atoms with Gasteiger partial charge in [0.25, 0.3) is 0 Å². The van der Waals surface area contributed by atoms with Gasteiger partial charge in [-0.25, -0.2) is 0 Å². The molecule has 3 rings (SSSR count). The van der Waals surface area contributed by atoms with Crippen molar-refractivity contribution in [3.05, 3.63) is 54.6 Å². The second-order valence-electron chi connectivity index (χ2n) is 8.75. The predicted molar refractivity (Wildman–Crippen MR) is 110 cm³/mol. The Morgan fingerprint density at radius 2 is 1.44 bits per heavy atom. The Balaban J connectivity index is 2.51. The zero-order valence-corrected chi connectivity index (χ0v) is 17.1. The third kappa shape index (κ3) is 3.09. The Morgan fingerprint density at radius 1 is 0.880 bits per heavy atom. The van der Waals surface area contributed by atoms with E-state index < -0.39 is 13.5 Å². The van der Waals surface area contributed by atoms with Gasteiger partial charge in [0.15, 0.2) is 0 Å². The van der Waals surface area contributed by atoms with Crippen LogP contribution >= 0.6 is 0 Å². The predicted octanol–water partition coefficient (Wildman–Crippen LogP) is 5.54. The summed E-state index contributed by atoms with van der Waals surface area (Å²) in [5.41, 5.74) is 2.79. The van der Waals surface area contributed by atoms with E-state index in [4.69, 9.17) is 0 Å². The molecule has 25 heavy (non-hydrogen) atoms. The molecule has 0 fully saturated rings. The molecule has 0 aliphatic rings. The Kier molecular flexibility index (Phi) is 4.24. The summed E-state index contributed by atoms with van der Waals surface area (Å²) in [7, 11) is -1.68. The molecule has 1 heterocycles. The molecule has 3 heteroatoms. The Bertz CT molecular complexity index is 924. The standard InChI is InChI=1S/C22H27NOSi/c1-22(2,3)21(24)23-18-15-11-10-14-17(18)20(25(4,5)6)19(23)16-12-8-7-9-13-16/h7-15H,1-6H3. The van der Waals surface area contributed by atoms with Gasteiger partial charge in [-0.1, -0.05) is 88.9 Å². The molecule has 0 aliphatic carbocycles. The Morgan fingerprint density at radius 3 is 2.00 bits per heavy atom. The fourth-order valence-electron chi connectivity index (χ4n) is 3.41. The van der Waals surface area contributed by atoms with E-state index in [9.17, 15) is 4.79 Å². The van der Waals surface area contributed by atoms with Gasteiger partial charge in [-0.15, -0.1) is 0 Å². The van der Waals surface area contributed by atoms with Crippen LogP contribution in [-0.4, -0.2) is 18.5 Å². The summed E-state index contributed by atoms with van der Waals surface area (Å²) in [6.07, 6.45) is 0. The van der Waals surface area contributed by atoms with Gasteiger partial charge in [0, 0.05) is 5.41 Å². The lowest BCUT2D eigenvalue weighted by atomic mass is 9.95. The number of para-hydroxylation sites is 1. The number of carbonyl (C=O) groups excluding carboxylic acids is 1. The van der Waals surface area contributed by atoms with Crippen LogP contribution in [0.15, 0.2) is 54.6 Å². The fraction of sp³-hybridized carbons (Fsp3) is 0.318. The number of aromatic nitrogens is 1. The van der Waals surface area contributed by atoms with E-state index >= 15 is 0 Å². The quantitative estimate of drug-likeness (QED) is 0.557. The van der Waals surface area contributed by atoms with Gasteiger partial charge in [0.1, 0.15) is 0 Å². The highest BCUT2D eigenvalue weighted by molar-refractivity contribution is 6.91. The van der Waals surface area contributed by atoms with Crippen LogP contribution in [0.3, 0.4) is 0 Å². The molecule has 2 aromatic carbocycles. The molecule has 0 bridgehead atoms. The summed E-state index contributed by atoms with van der Waals surface area (Å²) in [5, 5.41) is 2.59. The molecule has 0 amide bonds.